The highest BCUT2D eigenvalue weighted by molar-refractivity contribution is 9.10. The Kier molecular flexibility index (Phi) is 5.86. The molecule has 0 atom stereocenters. The minimum Gasteiger partial charge on any atom is -0.383 e. The molecule has 0 aliphatic rings. The van der Waals surface area contributed by atoms with Gasteiger partial charge in [-0.1, -0.05) is 6.08 Å². The molecule has 0 saturated carbocycles. The number of hydrogen-bond donors (Lipinski definition) is 0. The second-order valence-electron chi connectivity index (χ2n) is 3.40. The molecule has 0 N–H and O–H groups in total. The van der Waals surface area contributed by atoms with Crippen LogP contribution in [0.1, 0.15) is 10.4 Å². The number of hydrogen-bond acceptors (Lipinski definition) is 3. The van der Waals surface area contributed by atoms with Crippen molar-refractivity contribution in [2.24, 2.45) is 0 Å². The van der Waals surface area contributed by atoms with Crippen LogP contribution >= 0.6 is 15.9 Å². The fraction of sp³-hybridized carbons (Fsp3) is 0.333. The lowest BCUT2D eigenvalue weighted by molar-refractivity contribution is 0.0717. The summed E-state index contributed by atoms with van der Waals surface area (Å²) in [4.78, 5) is 17.8. The Bertz CT molecular complexity index is 379. The number of carbonyl (C=O) groups excluding carboxylic acids is 1. The van der Waals surface area contributed by atoms with Crippen molar-refractivity contribution in [3.05, 3.63) is 41.2 Å². The fourth-order valence-corrected chi connectivity index (χ4v) is 1.55. The Hall–Kier alpha value is -1.20. The zero-order chi connectivity index (χ0) is 12.7. The number of methoxy groups -OCH3 is 1. The molecule has 1 rings (SSSR count). The van der Waals surface area contributed by atoms with Crippen LogP contribution in [0.25, 0.3) is 0 Å². The normalized spacial score (nSPS) is 10.0. The molecular weight excluding hydrogens is 284 g/mol. The molecule has 1 heterocycles. The molecule has 92 valence electrons. The van der Waals surface area contributed by atoms with Gasteiger partial charge in [0.05, 0.1) is 12.2 Å². The van der Waals surface area contributed by atoms with Crippen LogP contribution < -0.4 is 0 Å². The largest absolute Gasteiger partial charge is 0.383 e. The molecule has 0 spiro atoms. The maximum absolute atomic E-state index is 12.1. The maximum atomic E-state index is 12.1. The monoisotopic (exact) mass is 298 g/mol. The molecule has 0 bridgehead atoms. The first kappa shape index (κ1) is 13.9. The number of ether oxygens (including phenoxy) is 1. The lowest BCUT2D eigenvalue weighted by Gasteiger charge is -2.20. The number of amides is 1. The van der Waals surface area contributed by atoms with Gasteiger partial charge in [0.2, 0.25) is 0 Å². The van der Waals surface area contributed by atoms with Crippen LogP contribution in [0.4, 0.5) is 0 Å². The van der Waals surface area contributed by atoms with Crippen molar-refractivity contribution >= 4 is 21.8 Å². The Morgan fingerprint density at radius 3 is 2.94 bits per heavy atom. The molecule has 0 aliphatic carbocycles. The van der Waals surface area contributed by atoms with E-state index in [1.807, 2.05) is 0 Å². The second kappa shape index (κ2) is 7.19. The van der Waals surface area contributed by atoms with Crippen molar-refractivity contribution in [3.63, 3.8) is 0 Å². The van der Waals surface area contributed by atoms with E-state index in [0.717, 1.165) is 0 Å². The number of carbonyl (C=O) groups is 1. The summed E-state index contributed by atoms with van der Waals surface area (Å²) < 4.78 is 5.68. The third-order valence-electron chi connectivity index (χ3n) is 2.18. The van der Waals surface area contributed by atoms with Crippen LogP contribution in [-0.2, 0) is 4.74 Å². The predicted octanol–water partition coefficient (Wildman–Crippen LogP) is 2.12. The van der Waals surface area contributed by atoms with Gasteiger partial charge in [-0.05, 0) is 28.1 Å². The topological polar surface area (TPSA) is 42.4 Å². The van der Waals surface area contributed by atoms with Crippen molar-refractivity contribution < 1.29 is 9.53 Å². The third kappa shape index (κ3) is 4.28. The SMILES string of the molecule is C=CCN(CCOC)C(=O)c1ccc(Br)nc1. The van der Waals surface area contributed by atoms with Gasteiger partial charge < -0.3 is 9.64 Å². The van der Waals surface area contributed by atoms with Gasteiger partial charge in [-0.3, -0.25) is 4.79 Å². The van der Waals surface area contributed by atoms with Crippen molar-refractivity contribution in [1.82, 2.24) is 9.88 Å². The van der Waals surface area contributed by atoms with Crippen molar-refractivity contribution in [2.45, 2.75) is 0 Å². The number of pyridine rings is 1. The highest BCUT2D eigenvalue weighted by Crippen LogP contribution is 2.09. The quantitative estimate of drug-likeness (QED) is 0.597. The van der Waals surface area contributed by atoms with Crippen molar-refractivity contribution in [1.29, 1.82) is 0 Å². The number of nitrogens with zero attached hydrogens (tertiary/aromatic N) is 2. The van der Waals surface area contributed by atoms with Gasteiger partial charge in [0, 0.05) is 26.4 Å². The molecule has 1 aromatic heterocycles. The minimum absolute atomic E-state index is 0.0676. The lowest BCUT2D eigenvalue weighted by atomic mass is 10.2. The zero-order valence-electron chi connectivity index (χ0n) is 9.73. The molecule has 1 aromatic rings. The van der Waals surface area contributed by atoms with Gasteiger partial charge >= 0.3 is 0 Å². The first-order valence-electron chi connectivity index (χ1n) is 5.19. The van der Waals surface area contributed by atoms with Crippen LogP contribution in [0, 0.1) is 0 Å². The smallest absolute Gasteiger partial charge is 0.255 e. The molecular formula is C12H15BrN2O2. The van der Waals surface area contributed by atoms with E-state index in [-0.39, 0.29) is 5.91 Å². The molecule has 0 aromatic carbocycles. The van der Waals surface area contributed by atoms with Gasteiger partial charge in [-0.2, -0.15) is 0 Å². The Labute approximate surface area is 109 Å². The molecule has 1 amide bonds. The molecule has 17 heavy (non-hydrogen) atoms. The number of aromatic nitrogens is 1. The van der Waals surface area contributed by atoms with Crippen LogP contribution in [0.15, 0.2) is 35.6 Å². The van der Waals surface area contributed by atoms with Gasteiger partial charge in [0.15, 0.2) is 0 Å². The van der Waals surface area contributed by atoms with Gasteiger partial charge in [-0.15, -0.1) is 6.58 Å². The Morgan fingerprint density at radius 1 is 1.65 bits per heavy atom. The average Bonchev–Trinajstić information content (AvgIpc) is 2.34. The maximum Gasteiger partial charge on any atom is 0.255 e. The first-order valence-corrected chi connectivity index (χ1v) is 5.99. The number of halogens is 1. The number of rotatable bonds is 6. The summed E-state index contributed by atoms with van der Waals surface area (Å²) in [5.41, 5.74) is 0.561. The van der Waals surface area contributed by atoms with Crippen molar-refractivity contribution in [3.8, 4) is 0 Å². The average molecular weight is 299 g/mol. The summed E-state index contributed by atoms with van der Waals surface area (Å²) in [6.07, 6.45) is 3.25. The van der Waals surface area contributed by atoms with E-state index >= 15 is 0 Å². The van der Waals surface area contributed by atoms with E-state index in [2.05, 4.69) is 27.5 Å². The van der Waals surface area contributed by atoms with Crippen LogP contribution in [0.5, 0.6) is 0 Å². The summed E-state index contributed by atoms with van der Waals surface area (Å²) in [6, 6.07) is 3.48. The van der Waals surface area contributed by atoms with Gasteiger partial charge in [0.1, 0.15) is 4.60 Å². The minimum atomic E-state index is -0.0676. The van der Waals surface area contributed by atoms with E-state index in [9.17, 15) is 4.79 Å². The van der Waals surface area contributed by atoms with E-state index in [1.54, 1.807) is 36.4 Å². The fourth-order valence-electron chi connectivity index (χ4n) is 1.32. The van der Waals surface area contributed by atoms with E-state index in [1.165, 1.54) is 0 Å². The molecule has 0 unspecified atom stereocenters. The summed E-state index contributed by atoms with van der Waals surface area (Å²) in [6.45, 7) is 5.18. The summed E-state index contributed by atoms with van der Waals surface area (Å²) in [5, 5.41) is 0. The molecule has 4 nitrogen and oxygen atoms in total. The molecule has 0 radical (unpaired) electrons. The van der Waals surface area contributed by atoms with Gasteiger partial charge in [0.25, 0.3) is 5.91 Å². The zero-order valence-corrected chi connectivity index (χ0v) is 11.3. The first-order chi connectivity index (χ1) is 8.19. The van der Waals surface area contributed by atoms with E-state index in [4.69, 9.17) is 4.74 Å². The Balaban J connectivity index is 2.75. The lowest BCUT2D eigenvalue weighted by Crippen LogP contribution is -2.34. The van der Waals surface area contributed by atoms with Crippen LogP contribution in [-0.4, -0.2) is 42.6 Å². The van der Waals surface area contributed by atoms with Crippen LogP contribution in [0.3, 0.4) is 0 Å². The highest BCUT2D eigenvalue weighted by Gasteiger charge is 2.14. The summed E-state index contributed by atoms with van der Waals surface area (Å²) >= 11 is 3.23. The second-order valence-corrected chi connectivity index (χ2v) is 4.21. The highest BCUT2D eigenvalue weighted by atomic mass is 79.9. The summed E-state index contributed by atoms with van der Waals surface area (Å²) in [5.74, 6) is -0.0676. The third-order valence-corrected chi connectivity index (χ3v) is 2.65. The van der Waals surface area contributed by atoms with E-state index in [0.29, 0.717) is 29.9 Å². The van der Waals surface area contributed by atoms with Gasteiger partial charge in [-0.25, -0.2) is 4.98 Å². The standard InChI is InChI=1S/C12H15BrN2O2/c1-3-6-15(7-8-17-2)12(16)10-4-5-11(13)14-9-10/h3-5,9H,1,6-8H2,2H3. The molecule has 0 saturated heterocycles. The summed E-state index contributed by atoms with van der Waals surface area (Å²) in [7, 11) is 1.61. The van der Waals surface area contributed by atoms with Crippen LogP contribution in [0.2, 0.25) is 0 Å². The predicted molar refractivity (Wildman–Crippen MR) is 69.9 cm³/mol. The van der Waals surface area contributed by atoms with Crippen molar-refractivity contribution in [2.75, 3.05) is 26.8 Å². The molecule has 5 heteroatoms. The molecule has 0 aliphatic heterocycles. The van der Waals surface area contributed by atoms with E-state index < -0.39 is 0 Å². The molecule has 0 fully saturated rings. The Morgan fingerprint density at radius 2 is 2.41 bits per heavy atom.